The largest absolute Gasteiger partial charge is 0.444 e. The Kier molecular flexibility index (Phi) is 3.46. The lowest BCUT2D eigenvalue weighted by Gasteiger charge is -2.02. The average molecular weight is 300 g/mol. The topological polar surface area (TPSA) is 42.2 Å². The fourth-order valence-electron chi connectivity index (χ4n) is 1.27. The molecule has 0 saturated carbocycles. The molecular weight excluding hydrogens is 290 g/mol. The van der Waals surface area contributed by atoms with Gasteiger partial charge in [0.1, 0.15) is 0 Å². The Morgan fingerprint density at radius 3 is 2.88 bits per heavy atom. The molecule has 0 unspecified atom stereocenters. The standard InChI is InChI=1S/C11H10BrNO2S/c1-7-5-16-6-8(7)4-13-11(14)9-2-3-10(12)15-9/h2-3,5-6H,4H2,1H3,(H,13,14). The summed E-state index contributed by atoms with van der Waals surface area (Å²) in [5, 5.41) is 6.90. The van der Waals surface area contributed by atoms with E-state index in [0.717, 1.165) is 5.56 Å². The number of aryl methyl sites for hydroxylation is 1. The molecule has 1 amide bonds. The molecule has 16 heavy (non-hydrogen) atoms. The number of thiophene rings is 1. The molecule has 2 heterocycles. The van der Waals surface area contributed by atoms with Crippen molar-refractivity contribution in [3.05, 3.63) is 44.4 Å². The van der Waals surface area contributed by atoms with Crippen molar-refractivity contribution in [3.8, 4) is 0 Å². The second-order valence-corrected chi connectivity index (χ2v) is 4.89. The molecule has 0 aliphatic rings. The summed E-state index contributed by atoms with van der Waals surface area (Å²) in [6, 6.07) is 3.34. The van der Waals surface area contributed by atoms with Crippen LogP contribution in [0, 0.1) is 6.92 Å². The van der Waals surface area contributed by atoms with Crippen LogP contribution in [0.15, 0.2) is 32.0 Å². The summed E-state index contributed by atoms with van der Waals surface area (Å²) in [5.74, 6) is 0.121. The lowest BCUT2D eigenvalue weighted by Crippen LogP contribution is -2.22. The highest BCUT2D eigenvalue weighted by Crippen LogP contribution is 2.15. The maximum Gasteiger partial charge on any atom is 0.287 e. The van der Waals surface area contributed by atoms with Crippen molar-refractivity contribution >= 4 is 33.2 Å². The Labute approximate surface area is 106 Å². The Bertz CT molecular complexity index is 504. The lowest BCUT2D eigenvalue weighted by molar-refractivity contribution is 0.0922. The van der Waals surface area contributed by atoms with E-state index in [9.17, 15) is 4.79 Å². The average Bonchev–Trinajstić information content (AvgIpc) is 2.84. The quantitative estimate of drug-likeness (QED) is 0.944. The smallest absolute Gasteiger partial charge is 0.287 e. The summed E-state index contributed by atoms with van der Waals surface area (Å²) in [6.45, 7) is 2.56. The Balaban J connectivity index is 1.96. The number of halogens is 1. The van der Waals surface area contributed by atoms with Crippen molar-refractivity contribution in [2.45, 2.75) is 13.5 Å². The van der Waals surface area contributed by atoms with Crippen LogP contribution < -0.4 is 5.32 Å². The number of furan rings is 1. The third-order valence-corrected chi connectivity index (χ3v) is 3.53. The zero-order valence-electron chi connectivity index (χ0n) is 8.62. The molecule has 2 rings (SSSR count). The van der Waals surface area contributed by atoms with Crippen molar-refractivity contribution in [1.82, 2.24) is 5.32 Å². The van der Waals surface area contributed by atoms with Crippen molar-refractivity contribution in [3.63, 3.8) is 0 Å². The third kappa shape index (κ3) is 2.54. The van der Waals surface area contributed by atoms with E-state index in [1.807, 2.05) is 12.3 Å². The highest BCUT2D eigenvalue weighted by atomic mass is 79.9. The molecule has 0 atom stereocenters. The van der Waals surface area contributed by atoms with E-state index in [1.165, 1.54) is 5.56 Å². The van der Waals surface area contributed by atoms with Gasteiger partial charge in [0, 0.05) is 6.54 Å². The van der Waals surface area contributed by atoms with Crippen molar-refractivity contribution in [2.24, 2.45) is 0 Å². The van der Waals surface area contributed by atoms with Crippen molar-refractivity contribution in [1.29, 1.82) is 0 Å². The zero-order valence-corrected chi connectivity index (χ0v) is 11.0. The van der Waals surface area contributed by atoms with E-state index in [0.29, 0.717) is 17.0 Å². The Morgan fingerprint density at radius 2 is 2.31 bits per heavy atom. The maximum atomic E-state index is 11.6. The van der Waals surface area contributed by atoms with Crippen LogP contribution in [0.4, 0.5) is 0 Å². The summed E-state index contributed by atoms with van der Waals surface area (Å²) >= 11 is 4.79. The van der Waals surface area contributed by atoms with E-state index in [-0.39, 0.29) is 5.91 Å². The summed E-state index contributed by atoms with van der Waals surface area (Å²) in [5.41, 5.74) is 2.34. The molecule has 0 aliphatic heterocycles. The molecule has 0 aliphatic carbocycles. The van der Waals surface area contributed by atoms with E-state index < -0.39 is 0 Å². The third-order valence-electron chi connectivity index (χ3n) is 2.20. The van der Waals surface area contributed by atoms with Crippen molar-refractivity contribution in [2.75, 3.05) is 0 Å². The minimum absolute atomic E-state index is 0.198. The van der Waals surface area contributed by atoms with E-state index in [1.54, 1.807) is 23.5 Å². The van der Waals surface area contributed by atoms with E-state index >= 15 is 0 Å². The van der Waals surface area contributed by atoms with Crippen LogP contribution in [0.25, 0.3) is 0 Å². The number of hydrogen-bond donors (Lipinski definition) is 1. The number of rotatable bonds is 3. The van der Waals surface area contributed by atoms with Gasteiger partial charge in [-0.25, -0.2) is 0 Å². The SMILES string of the molecule is Cc1cscc1CNC(=O)c1ccc(Br)o1. The molecule has 3 nitrogen and oxygen atoms in total. The normalized spacial score (nSPS) is 10.4. The predicted molar refractivity (Wildman–Crippen MR) is 66.6 cm³/mol. The Morgan fingerprint density at radius 1 is 1.50 bits per heavy atom. The molecule has 0 aromatic carbocycles. The molecule has 0 bridgehead atoms. The minimum atomic E-state index is -0.198. The highest BCUT2D eigenvalue weighted by molar-refractivity contribution is 9.10. The van der Waals surface area contributed by atoms with Crippen LogP contribution in [0.2, 0.25) is 0 Å². The van der Waals surface area contributed by atoms with Gasteiger partial charge in [-0.2, -0.15) is 11.3 Å². The van der Waals surface area contributed by atoms with Crippen LogP contribution in [0.1, 0.15) is 21.7 Å². The van der Waals surface area contributed by atoms with Crippen LogP contribution in [-0.4, -0.2) is 5.91 Å². The van der Waals surface area contributed by atoms with Gasteiger partial charge < -0.3 is 9.73 Å². The van der Waals surface area contributed by atoms with Gasteiger partial charge in [0.2, 0.25) is 0 Å². The van der Waals surface area contributed by atoms with Gasteiger partial charge >= 0.3 is 0 Å². The second kappa shape index (κ2) is 4.84. The summed E-state index contributed by atoms with van der Waals surface area (Å²) in [4.78, 5) is 11.6. The van der Waals surface area contributed by atoms with Gasteiger partial charge in [-0.3, -0.25) is 4.79 Å². The van der Waals surface area contributed by atoms with Gasteiger partial charge in [0.05, 0.1) is 0 Å². The molecule has 5 heteroatoms. The van der Waals surface area contributed by atoms with Crippen molar-refractivity contribution < 1.29 is 9.21 Å². The predicted octanol–water partition coefficient (Wildman–Crippen LogP) is 3.34. The first-order chi connectivity index (χ1) is 7.66. The lowest BCUT2D eigenvalue weighted by atomic mass is 10.2. The molecular formula is C11H10BrNO2S. The van der Waals surface area contributed by atoms with E-state index in [4.69, 9.17) is 4.42 Å². The fourth-order valence-corrected chi connectivity index (χ4v) is 2.43. The number of hydrogen-bond acceptors (Lipinski definition) is 3. The molecule has 0 spiro atoms. The molecule has 2 aromatic heterocycles. The van der Waals surface area contributed by atoms with Gasteiger partial charge in [-0.05, 0) is 56.9 Å². The maximum absolute atomic E-state index is 11.6. The first-order valence-corrected chi connectivity index (χ1v) is 6.45. The van der Waals surface area contributed by atoms with Gasteiger partial charge in [-0.1, -0.05) is 0 Å². The molecule has 0 fully saturated rings. The Hall–Kier alpha value is -1.07. The number of carbonyl (C=O) groups is 1. The van der Waals surface area contributed by atoms with Crippen LogP contribution in [0.3, 0.4) is 0 Å². The van der Waals surface area contributed by atoms with Crippen LogP contribution in [-0.2, 0) is 6.54 Å². The first-order valence-electron chi connectivity index (χ1n) is 4.72. The van der Waals surface area contributed by atoms with Gasteiger partial charge in [0.15, 0.2) is 10.4 Å². The second-order valence-electron chi connectivity index (χ2n) is 3.37. The number of carbonyl (C=O) groups excluding carboxylic acids is 1. The van der Waals surface area contributed by atoms with Crippen LogP contribution >= 0.6 is 27.3 Å². The van der Waals surface area contributed by atoms with Gasteiger partial charge in [-0.15, -0.1) is 0 Å². The minimum Gasteiger partial charge on any atom is -0.444 e. The zero-order chi connectivity index (χ0) is 11.5. The monoisotopic (exact) mass is 299 g/mol. The van der Waals surface area contributed by atoms with Gasteiger partial charge in [0.25, 0.3) is 5.91 Å². The van der Waals surface area contributed by atoms with E-state index in [2.05, 4.69) is 26.6 Å². The molecule has 2 aromatic rings. The first kappa shape index (κ1) is 11.4. The number of amides is 1. The molecule has 84 valence electrons. The highest BCUT2D eigenvalue weighted by Gasteiger charge is 2.10. The molecule has 0 radical (unpaired) electrons. The molecule has 0 saturated heterocycles. The number of nitrogens with one attached hydrogen (secondary N) is 1. The molecule has 1 N–H and O–H groups in total. The fraction of sp³-hybridized carbons (Fsp3) is 0.182. The summed E-state index contributed by atoms with van der Waals surface area (Å²) in [6.07, 6.45) is 0. The van der Waals surface area contributed by atoms with Crippen LogP contribution in [0.5, 0.6) is 0 Å². The summed E-state index contributed by atoms with van der Waals surface area (Å²) < 4.78 is 5.71. The summed E-state index contributed by atoms with van der Waals surface area (Å²) in [7, 11) is 0.